The molecule has 3 nitrogen and oxygen atoms in total. The summed E-state index contributed by atoms with van der Waals surface area (Å²) in [5, 5.41) is 0. The third-order valence-electron chi connectivity index (χ3n) is 6.53. The molecule has 1 aliphatic carbocycles. The first kappa shape index (κ1) is 20.3. The van der Waals surface area contributed by atoms with Crippen LogP contribution in [0.3, 0.4) is 0 Å². The molecule has 3 atom stereocenters. The molecule has 1 saturated carbocycles. The van der Waals surface area contributed by atoms with Gasteiger partial charge in [-0.3, -0.25) is 4.57 Å². The van der Waals surface area contributed by atoms with Gasteiger partial charge in [0.25, 0.3) is 7.52 Å². The van der Waals surface area contributed by atoms with Crippen LogP contribution >= 0.6 is 7.52 Å². The normalized spacial score (nSPS) is 31.7. The summed E-state index contributed by atoms with van der Waals surface area (Å²) < 4.78 is 22.5. The minimum absolute atomic E-state index is 0.0759. The van der Waals surface area contributed by atoms with E-state index in [1.165, 1.54) is 23.7 Å². The van der Waals surface area contributed by atoms with Crippen molar-refractivity contribution in [1.82, 2.24) is 4.67 Å². The Morgan fingerprint density at radius 3 is 2.27 bits per heavy atom. The van der Waals surface area contributed by atoms with E-state index in [2.05, 4.69) is 59.1 Å². The summed E-state index contributed by atoms with van der Waals surface area (Å²) in [4.78, 5) is 0. The molecular weight excluding hydrogens is 357 g/mol. The second-order valence-electron chi connectivity index (χ2n) is 7.44. The molecule has 141 valence electrons. The molecule has 0 bridgehead atoms. The molecule has 1 aromatic carbocycles. The Labute approximate surface area is 161 Å². The van der Waals surface area contributed by atoms with Crippen molar-refractivity contribution in [1.29, 1.82) is 0 Å². The number of rotatable bonds is 6. The summed E-state index contributed by atoms with van der Waals surface area (Å²) in [6.07, 6.45) is 6.19. The molecule has 26 heavy (non-hydrogen) atoms. The average Bonchev–Trinajstić information content (AvgIpc) is 3.26. The van der Waals surface area contributed by atoms with Gasteiger partial charge in [-0.15, -0.1) is 0 Å². The van der Waals surface area contributed by atoms with Gasteiger partial charge in [0.1, 0.15) is 6.10 Å². The second-order valence-corrected chi connectivity index (χ2v) is 15.0. The topological polar surface area (TPSA) is 29.5 Å². The summed E-state index contributed by atoms with van der Waals surface area (Å²) >= 11 is 0. The maximum Gasteiger partial charge on any atom is 0.280 e. The zero-order valence-electron chi connectivity index (χ0n) is 16.6. The SMILES string of the molecule is CC[Si](CC)(CC)[C]1[CH][CH][CH][C]1[P@@]1(=O)O[C@H](c2ccccc2)[C@H](C)N1C. The van der Waals surface area contributed by atoms with E-state index in [4.69, 9.17) is 4.52 Å². The van der Waals surface area contributed by atoms with Crippen LogP contribution in [0.4, 0.5) is 0 Å². The van der Waals surface area contributed by atoms with E-state index in [1.807, 2.05) is 29.9 Å². The third kappa shape index (κ3) is 3.17. The fourth-order valence-corrected chi connectivity index (χ4v) is 11.7. The Balaban J connectivity index is 1.93. The minimum atomic E-state index is -3.05. The first-order valence-electron chi connectivity index (χ1n) is 9.77. The first-order chi connectivity index (χ1) is 12.4. The van der Waals surface area contributed by atoms with Gasteiger partial charge in [-0.25, -0.2) is 4.67 Å². The minimum Gasteiger partial charge on any atom is -0.307 e. The van der Waals surface area contributed by atoms with Gasteiger partial charge >= 0.3 is 0 Å². The van der Waals surface area contributed by atoms with Crippen molar-refractivity contribution in [3.8, 4) is 0 Å². The number of nitrogens with zero attached hydrogens (tertiary/aromatic N) is 1. The van der Waals surface area contributed by atoms with Crippen molar-refractivity contribution in [2.24, 2.45) is 0 Å². The Morgan fingerprint density at radius 1 is 1.08 bits per heavy atom. The van der Waals surface area contributed by atoms with Crippen LogP contribution in [0.2, 0.25) is 18.1 Å². The van der Waals surface area contributed by atoms with Gasteiger partial charge in [-0.05, 0) is 44.3 Å². The van der Waals surface area contributed by atoms with Crippen molar-refractivity contribution in [2.75, 3.05) is 7.05 Å². The van der Waals surface area contributed by atoms with Crippen molar-refractivity contribution in [3.63, 3.8) is 0 Å². The van der Waals surface area contributed by atoms with E-state index >= 15 is 0 Å². The molecule has 0 N–H and O–H groups in total. The predicted octanol–water partition coefficient (Wildman–Crippen LogP) is 6.05. The first-order valence-corrected chi connectivity index (χ1v) is 14.0. The summed E-state index contributed by atoms with van der Waals surface area (Å²) in [5.41, 5.74) is 3.41. The third-order valence-corrected chi connectivity index (χ3v) is 15.1. The maximum atomic E-state index is 14.1. The zero-order chi connectivity index (χ0) is 18.9. The van der Waals surface area contributed by atoms with E-state index in [0.717, 1.165) is 11.2 Å². The molecule has 1 saturated heterocycles. The standard InChI is InChI=1S/C21H31NO2PSi/c1-6-26(7-2,8-3)20-16-12-15-19(20)25(23)22(5)17(4)21(24-25)18-13-10-9-11-14-18/h9-17,21H,6-8H2,1-5H3/t17-,21-,25+/m0/s1. The van der Waals surface area contributed by atoms with Crippen molar-refractivity contribution in [3.05, 3.63) is 66.4 Å². The Morgan fingerprint density at radius 2 is 1.69 bits per heavy atom. The summed E-state index contributed by atoms with van der Waals surface area (Å²) in [5.74, 6) is 0. The van der Waals surface area contributed by atoms with Gasteiger partial charge in [0.2, 0.25) is 0 Å². The number of benzene rings is 1. The van der Waals surface area contributed by atoms with E-state index in [9.17, 15) is 4.57 Å². The highest BCUT2D eigenvalue weighted by Gasteiger charge is 2.58. The molecule has 0 spiro atoms. The van der Waals surface area contributed by atoms with E-state index in [-0.39, 0.29) is 12.1 Å². The van der Waals surface area contributed by atoms with E-state index in [0.29, 0.717) is 0 Å². The lowest BCUT2D eigenvalue weighted by Gasteiger charge is -2.40. The van der Waals surface area contributed by atoms with Gasteiger partial charge in [0.15, 0.2) is 0 Å². The molecular formula is C21H31NO2PSi. The van der Waals surface area contributed by atoms with Gasteiger partial charge < -0.3 is 4.52 Å². The number of hydrogen-bond donors (Lipinski definition) is 0. The molecule has 2 fully saturated rings. The highest BCUT2D eigenvalue weighted by molar-refractivity contribution is 7.61. The molecule has 0 unspecified atom stereocenters. The highest BCUT2D eigenvalue weighted by Crippen LogP contribution is 2.74. The molecule has 5 radical (unpaired) electrons. The summed E-state index contributed by atoms with van der Waals surface area (Å²) in [6, 6.07) is 13.8. The van der Waals surface area contributed by atoms with Crippen LogP contribution in [0.5, 0.6) is 0 Å². The van der Waals surface area contributed by atoms with Gasteiger partial charge in [-0.1, -0.05) is 69.2 Å². The maximum absolute atomic E-state index is 14.1. The zero-order valence-corrected chi connectivity index (χ0v) is 18.5. The Kier molecular flexibility index (Phi) is 6.18. The summed E-state index contributed by atoms with van der Waals surface area (Å²) in [6.45, 7) is 8.99. The molecule has 2 aliphatic rings. The second kappa shape index (κ2) is 7.91. The summed E-state index contributed by atoms with van der Waals surface area (Å²) in [7, 11) is -2.72. The molecule has 5 heteroatoms. The number of likely N-dealkylation sites (N-methyl/N-ethyl adjacent to an activating group) is 1. The van der Waals surface area contributed by atoms with Crippen LogP contribution in [0, 0.1) is 30.5 Å². The fourth-order valence-electron chi connectivity index (χ4n) is 4.39. The smallest absolute Gasteiger partial charge is 0.280 e. The van der Waals surface area contributed by atoms with Crippen LogP contribution in [0.1, 0.15) is 39.4 Å². The van der Waals surface area contributed by atoms with E-state index < -0.39 is 15.6 Å². The van der Waals surface area contributed by atoms with Crippen LogP contribution in [-0.2, 0) is 9.09 Å². The monoisotopic (exact) mass is 388 g/mol. The van der Waals surface area contributed by atoms with Crippen LogP contribution in [0.15, 0.2) is 30.3 Å². The lowest BCUT2D eigenvalue weighted by Crippen LogP contribution is -2.42. The largest absolute Gasteiger partial charge is 0.307 e. The van der Waals surface area contributed by atoms with Gasteiger partial charge in [0, 0.05) is 6.04 Å². The Bertz CT molecular complexity index is 640. The molecule has 0 aromatic heterocycles. The highest BCUT2D eigenvalue weighted by atomic mass is 31.2. The van der Waals surface area contributed by atoms with Crippen LogP contribution in [0.25, 0.3) is 0 Å². The van der Waals surface area contributed by atoms with Crippen molar-refractivity contribution in [2.45, 2.75) is 58.0 Å². The van der Waals surface area contributed by atoms with Crippen LogP contribution in [-0.4, -0.2) is 25.8 Å². The molecule has 1 aliphatic heterocycles. The lowest BCUT2D eigenvalue weighted by molar-refractivity contribution is 0.211. The van der Waals surface area contributed by atoms with Gasteiger partial charge in [0.05, 0.1) is 13.7 Å². The average molecular weight is 389 g/mol. The Hall–Kier alpha value is -0.413. The van der Waals surface area contributed by atoms with Crippen molar-refractivity contribution < 1.29 is 9.09 Å². The predicted molar refractivity (Wildman–Crippen MR) is 112 cm³/mol. The quantitative estimate of drug-likeness (QED) is 0.439. The molecule has 0 amide bonds. The lowest BCUT2D eigenvalue weighted by atomic mass is 10.0. The number of hydrogen-bond acceptors (Lipinski definition) is 2. The fraction of sp³-hybridized carbons (Fsp3) is 0.476. The van der Waals surface area contributed by atoms with Crippen molar-refractivity contribution >= 4 is 15.6 Å². The molecule has 1 aromatic rings. The van der Waals surface area contributed by atoms with E-state index in [1.54, 1.807) is 0 Å². The van der Waals surface area contributed by atoms with Crippen LogP contribution < -0.4 is 0 Å². The van der Waals surface area contributed by atoms with Gasteiger partial charge in [-0.2, -0.15) is 0 Å². The molecule has 3 rings (SSSR count). The molecule has 1 heterocycles.